The number of rotatable bonds is 9. The molecule has 0 bridgehead atoms. The first-order valence-corrected chi connectivity index (χ1v) is 7.91. The van der Waals surface area contributed by atoms with Crippen molar-refractivity contribution in [1.82, 2.24) is 0 Å². The fourth-order valence-corrected chi connectivity index (χ4v) is 2.35. The van der Waals surface area contributed by atoms with Crippen LogP contribution in [0.2, 0.25) is 0 Å². The Labute approximate surface area is 132 Å². The van der Waals surface area contributed by atoms with Crippen LogP contribution in [0.1, 0.15) is 24.0 Å². The summed E-state index contributed by atoms with van der Waals surface area (Å²) >= 11 is 0. The van der Waals surface area contributed by atoms with Gasteiger partial charge < -0.3 is 15.6 Å². The largest absolute Gasteiger partial charge is 0.491 e. The third-order valence-electron chi connectivity index (χ3n) is 3.62. The minimum atomic E-state index is -0.451. The summed E-state index contributed by atoms with van der Waals surface area (Å²) in [7, 11) is 0. The summed E-state index contributed by atoms with van der Waals surface area (Å²) in [6, 6.07) is 18.2. The number of ether oxygens (including phenoxy) is 1. The van der Waals surface area contributed by atoms with Crippen LogP contribution < -0.4 is 10.5 Å². The molecule has 0 spiro atoms. The molecule has 0 heterocycles. The molecule has 0 saturated carbocycles. The fourth-order valence-electron chi connectivity index (χ4n) is 2.35. The van der Waals surface area contributed by atoms with Gasteiger partial charge in [0.15, 0.2) is 0 Å². The maximum Gasteiger partial charge on any atom is 0.119 e. The van der Waals surface area contributed by atoms with Crippen molar-refractivity contribution in [2.75, 3.05) is 13.2 Å². The average Bonchev–Trinajstić information content (AvgIpc) is 2.57. The number of benzene rings is 2. The zero-order valence-electron chi connectivity index (χ0n) is 12.9. The molecule has 3 N–H and O–H groups in total. The molecule has 0 aromatic heterocycles. The lowest BCUT2D eigenvalue weighted by atomic mass is 10.1. The molecule has 2 aromatic rings. The quantitative estimate of drug-likeness (QED) is 0.748. The van der Waals surface area contributed by atoms with E-state index < -0.39 is 6.10 Å². The van der Waals surface area contributed by atoms with Gasteiger partial charge in [0.2, 0.25) is 0 Å². The van der Waals surface area contributed by atoms with Crippen LogP contribution in [-0.4, -0.2) is 24.4 Å². The number of aryl methyl sites for hydroxylation is 2. The molecule has 118 valence electrons. The van der Waals surface area contributed by atoms with E-state index in [0.717, 1.165) is 25.0 Å². The summed E-state index contributed by atoms with van der Waals surface area (Å²) in [6.07, 6.45) is 3.06. The van der Waals surface area contributed by atoms with E-state index in [9.17, 15) is 5.11 Å². The lowest BCUT2D eigenvalue weighted by molar-refractivity contribution is 0.100. The Balaban J connectivity index is 1.74. The van der Waals surface area contributed by atoms with Crippen LogP contribution >= 0.6 is 0 Å². The normalized spacial score (nSPS) is 12.1. The molecule has 0 amide bonds. The van der Waals surface area contributed by atoms with Crippen LogP contribution in [0.25, 0.3) is 0 Å². The maximum absolute atomic E-state index is 10.0. The second-order valence-electron chi connectivity index (χ2n) is 5.53. The van der Waals surface area contributed by atoms with E-state index in [0.29, 0.717) is 19.6 Å². The number of aliphatic hydroxyl groups excluding tert-OH is 1. The molecule has 0 saturated heterocycles. The zero-order chi connectivity index (χ0) is 15.6. The van der Waals surface area contributed by atoms with Crippen LogP contribution in [0.15, 0.2) is 54.6 Å². The Morgan fingerprint density at radius 3 is 2.50 bits per heavy atom. The molecule has 3 nitrogen and oxygen atoms in total. The summed E-state index contributed by atoms with van der Waals surface area (Å²) in [5.74, 6) is 0.813. The van der Waals surface area contributed by atoms with Crippen molar-refractivity contribution in [3.05, 3.63) is 65.7 Å². The molecule has 0 aliphatic carbocycles. The minimum absolute atomic E-state index is 0.327. The van der Waals surface area contributed by atoms with Gasteiger partial charge in [-0.2, -0.15) is 0 Å². The Morgan fingerprint density at radius 2 is 1.73 bits per heavy atom. The van der Waals surface area contributed by atoms with Gasteiger partial charge in [-0.1, -0.05) is 42.5 Å². The van der Waals surface area contributed by atoms with E-state index in [1.54, 1.807) is 0 Å². The van der Waals surface area contributed by atoms with Crippen LogP contribution in [0.5, 0.6) is 5.75 Å². The molecular formula is C19H25NO2. The van der Waals surface area contributed by atoms with Gasteiger partial charge in [0.1, 0.15) is 12.4 Å². The first-order chi connectivity index (χ1) is 10.8. The molecule has 0 aliphatic rings. The lowest BCUT2D eigenvalue weighted by Gasteiger charge is -2.13. The van der Waals surface area contributed by atoms with E-state index >= 15 is 0 Å². The van der Waals surface area contributed by atoms with Gasteiger partial charge in [0.05, 0.1) is 6.10 Å². The molecule has 0 radical (unpaired) electrons. The predicted octanol–water partition coefficient (Wildman–Crippen LogP) is 2.95. The highest BCUT2D eigenvalue weighted by Crippen LogP contribution is 2.15. The summed E-state index contributed by atoms with van der Waals surface area (Å²) < 4.78 is 5.70. The Hall–Kier alpha value is -1.84. The summed E-state index contributed by atoms with van der Waals surface area (Å²) in [6.45, 7) is 1.02. The van der Waals surface area contributed by atoms with Gasteiger partial charge in [-0.25, -0.2) is 0 Å². The van der Waals surface area contributed by atoms with Gasteiger partial charge in [-0.15, -0.1) is 0 Å². The van der Waals surface area contributed by atoms with Crippen LogP contribution in [0.3, 0.4) is 0 Å². The van der Waals surface area contributed by atoms with Crippen LogP contribution in [0, 0.1) is 0 Å². The Kier molecular flexibility index (Phi) is 6.94. The van der Waals surface area contributed by atoms with Gasteiger partial charge in [-0.3, -0.25) is 0 Å². The van der Waals surface area contributed by atoms with Gasteiger partial charge in [0, 0.05) is 0 Å². The number of aliphatic hydroxyl groups is 1. The standard InChI is InChI=1S/C19H25NO2/c20-13-5-9-17-8-4-10-19(14-17)22-15-18(21)12-11-16-6-2-1-3-7-16/h1-4,6-8,10,14,18,21H,5,9,11-13,15,20H2. The Morgan fingerprint density at radius 1 is 0.955 bits per heavy atom. The van der Waals surface area contributed by atoms with E-state index in [1.165, 1.54) is 11.1 Å². The van der Waals surface area contributed by atoms with Crippen LogP contribution in [0.4, 0.5) is 0 Å². The number of nitrogens with two attached hydrogens (primary N) is 1. The molecule has 3 heteroatoms. The molecule has 22 heavy (non-hydrogen) atoms. The van der Waals surface area contributed by atoms with E-state index in [-0.39, 0.29) is 0 Å². The molecule has 1 atom stereocenters. The average molecular weight is 299 g/mol. The first-order valence-electron chi connectivity index (χ1n) is 7.91. The van der Waals surface area contributed by atoms with Crippen molar-refractivity contribution < 1.29 is 9.84 Å². The second kappa shape index (κ2) is 9.23. The first kappa shape index (κ1) is 16.5. The minimum Gasteiger partial charge on any atom is -0.491 e. The summed E-state index contributed by atoms with van der Waals surface area (Å²) in [4.78, 5) is 0. The highest BCUT2D eigenvalue weighted by Gasteiger charge is 2.06. The Bertz CT molecular complexity index is 542. The lowest BCUT2D eigenvalue weighted by Crippen LogP contribution is -2.18. The summed E-state index contributed by atoms with van der Waals surface area (Å²) in [5, 5.41) is 10.0. The molecule has 0 fully saturated rings. The highest BCUT2D eigenvalue weighted by molar-refractivity contribution is 5.28. The maximum atomic E-state index is 10.0. The van der Waals surface area contributed by atoms with Crippen molar-refractivity contribution in [2.24, 2.45) is 5.73 Å². The molecular weight excluding hydrogens is 274 g/mol. The van der Waals surface area contributed by atoms with Crippen molar-refractivity contribution in [1.29, 1.82) is 0 Å². The van der Waals surface area contributed by atoms with Crippen LogP contribution in [-0.2, 0) is 12.8 Å². The number of hydrogen-bond acceptors (Lipinski definition) is 3. The third kappa shape index (κ3) is 5.88. The van der Waals surface area contributed by atoms with Crippen molar-refractivity contribution in [2.45, 2.75) is 31.8 Å². The van der Waals surface area contributed by atoms with Crippen molar-refractivity contribution in [3.63, 3.8) is 0 Å². The van der Waals surface area contributed by atoms with E-state index in [2.05, 4.69) is 18.2 Å². The molecule has 2 aromatic carbocycles. The fraction of sp³-hybridized carbons (Fsp3) is 0.368. The second-order valence-corrected chi connectivity index (χ2v) is 5.53. The molecule has 0 aliphatic heterocycles. The molecule has 2 rings (SSSR count). The van der Waals surface area contributed by atoms with Gasteiger partial charge >= 0.3 is 0 Å². The smallest absolute Gasteiger partial charge is 0.119 e. The number of hydrogen-bond donors (Lipinski definition) is 2. The van der Waals surface area contributed by atoms with Gasteiger partial charge in [-0.05, 0) is 55.5 Å². The van der Waals surface area contributed by atoms with Gasteiger partial charge in [0.25, 0.3) is 0 Å². The SMILES string of the molecule is NCCCc1cccc(OCC(O)CCc2ccccc2)c1. The van der Waals surface area contributed by atoms with E-state index in [4.69, 9.17) is 10.5 Å². The van der Waals surface area contributed by atoms with Crippen molar-refractivity contribution in [3.8, 4) is 5.75 Å². The molecule has 1 unspecified atom stereocenters. The predicted molar refractivity (Wildman–Crippen MR) is 90.1 cm³/mol. The summed E-state index contributed by atoms with van der Waals surface area (Å²) in [5.41, 5.74) is 7.99. The monoisotopic (exact) mass is 299 g/mol. The third-order valence-corrected chi connectivity index (χ3v) is 3.62. The zero-order valence-corrected chi connectivity index (χ0v) is 12.9. The topological polar surface area (TPSA) is 55.5 Å². The van der Waals surface area contributed by atoms with Crippen molar-refractivity contribution >= 4 is 0 Å². The highest BCUT2D eigenvalue weighted by atomic mass is 16.5. The van der Waals surface area contributed by atoms with E-state index in [1.807, 2.05) is 36.4 Å².